The van der Waals surface area contributed by atoms with Crippen molar-refractivity contribution in [3.05, 3.63) is 0 Å². The van der Waals surface area contributed by atoms with Crippen LogP contribution >= 0.6 is 7.82 Å². The predicted molar refractivity (Wildman–Crippen MR) is 24.0 cm³/mol. The minimum Gasteiger partial charge on any atom is -0.822 e. The maximum absolute atomic E-state index is 8.56. The average molecular weight is 236 g/mol. The molecule has 0 bridgehead atoms. The normalized spacial score (nSPS) is 7.55. The molecule has 10 heteroatoms. The van der Waals surface area contributed by atoms with Crippen molar-refractivity contribution < 1.29 is 85.6 Å². The summed E-state index contributed by atoms with van der Waals surface area (Å²) in [5.74, 6) is 0. The molecule has 56 valence electrons. The third kappa shape index (κ3) is 250. The van der Waals surface area contributed by atoms with E-state index in [1.807, 2.05) is 0 Å². The summed E-state index contributed by atoms with van der Waals surface area (Å²) in [5.41, 5.74) is 0. The average Bonchev–Trinajstić information content (AvgIpc) is 1.19. The minimum atomic E-state index is -5.39. The van der Waals surface area contributed by atoms with Crippen molar-refractivity contribution in [3.8, 4) is 0 Å². The second kappa shape index (κ2) is 12.3. The van der Waals surface area contributed by atoms with E-state index in [-0.39, 0.29) is 89.1 Å². The predicted octanol–water partition coefficient (Wildman–Crippen LogP) is -5.98. The van der Waals surface area contributed by atoms with Gasteiger partial charge in [-0.2, -0.15) is 7.82 Å². The number of rotatable bonds is 0. The van der Waals surface area contributed by atoms with Crippen LogP contribution in [0.25, 0.3) is 0 Å². The van der Waals surface area contributed by atoms with E-state index >= 15 is 0 Å². The first kappa shape index (κ1) is 23.3. The molecular formula is CH2CaKO7P. The zero-order chi connectivity index (χ0) is 8.08. The first-order valence-corrected chi connectivity index (χ1v) is 2.84. The topological polar surface area (TPSA) is 144 Å². The van der Waals surface area contributed by atoms with Gasteiger partial charge in [-0.05, 0) is 0 Å². The van der Waals surface area contributed by atoms with Gasteiger partial charge in [0.1, 0.15) is 0 Å². The molecule has 0 fully saturated rings. The first-order valence-electron chi connectivity index (χ1n) is 1.38. The van der Waals surface area contributed by atoms with Crippen molar-refractivity contribution in [2.75, 3.05) is 0 Å². The van der Waals surface area contributed by atoms with E-state index in [9.17, 15) is 0 Å². The molecule has 0 rings (SSSR count). The molecule has 11 heavy (non-hydrogen) atoms. The molecule has 0 aliphatic heterocycles. The molecule has 7 nitrogen and oxygen atoms in total. The number of carboxylic acid groups (broad SMARTS) is 2. The third-order valence-corrected chi connectivity index (χ3v) is 0. The summed E-state index contributed by atoms with van der Waals surface area (Å²) in [6, 6.07) is 0. The van der Waals surface area contributed by atoms with Gasteiger partial charge in [0.05, 0.1) is 0 Å². The van der Waals surface area contributed by atoms with Gasteiger partial charge in [0.25, 0.3) is 0 Å². The Morgan fingerprint density at radius 3 is 1.18 bits per heavy atom. The van der Waals surface area contributed by atoms with Gasteiger partial charge in [0.2, 0.25) is 0 Å². The Balaban J connectivity index is -0.0000000383. The van der Waals surface area contributed by atoms with Crippen LogP contribution in [-0.4, -0.2) is 54.1 Å². The molecule has 0 amide bonds. The largest absolute Gasteiger partial charge is 2.00 e. The summed E-state index contributed by atoms with van der Waals surface area (Å²) in [7, 11) is -5.39. The van der Waals surface area contributed by atoms with Crippen LogP contribution in [0.5, 0.6) is 0 Å². The Kier molecular flexibility index (Phi) is 25.9. The van der Waals surface area contributed by atoms with Gasteiger partial charge >= 0.3 is 95.3 Å². The van der Waals surface area contributed by atoms with Crippen molar-refractivity contribution in [2.45, 2.75) is 0 Å². The molecule has 0 unspecified atom stereocenters. The van der Waals surface area contributed by atoms with Gasteiger partial charge in [0.15, 0.2) is 0 Å². The molecule has 0 saturated heterocycles. The van der Waals surface area contributed by atoms with Crippen LogP contribution in [-0.2, 0) is 4.57 Å². The standard InChI is InChI=1S/CH2O3.Ca.K.H3O4P/c2-1(3)4;;;1-5(2,3)4/h(H2,2,3,4);;;(H3,1,2,3,4)/q;+2;+1;/p-3. The Labute approximate surface area is 134 Å². The molecule has 0 aromatic heterocycles. The van der Waals surface area contributed by atoms with E-state index in [1.54, 1.807) is 0 Å². The van der Waals surface area contributed by atoms with Crippen LogP contribution in [0.4, 0.5) is 4.79 Å². The summed E-state index contributed by atoms with van der Waals surface area (Å²) in [6.07, 6.45) is -1.83. The van der Waals surface area contributed by atoms with Gasteiger partial charge in [-0.25, -0.2) is 4.79 Å². The Bertz CT molecular complexity index is 118. The molecule has 0 aromatic rings. The minimum absolute atomic E-state index is 0. The molecule has 0 radical (unpaired) electrons. The second-order valence-electron chi connectivity index (χ2n) is 0.730. The maximum atomic E-state index is 8.56. The van der Waals surface area contributed by atoms with E-state index in [1.165, 1.54) is 0 Å². The first-order chi connectivity index (χ1) is 3.73. The molecule has 0 heterocycles. The van der Waals surface area contributed by atoms with Gasteiger partial charge in [-0.3, -0.25) is 0 Å². The van der Waals surface area contributed by atoms with Crippen molar-refractivity contribution in [1.29, 1.82) is 0 Å². The number of hydrogen-bond donors (Lipinski definition) is 2. The Hall–Kier alpha value is 2.28. The molecule has 0 aliphatic rings. The maximum Gasteiger partial charge on any atom is 2.00 e. The molecule has 2 N–H and O–H groups in total. The van der Waals surface area contributed by atoms with Crippen LogP contribution in [0.2, 0.25) is 0 Å². The van der Waals surface area contributed by atoms with E-state index in [4.69, 9.17) is 34.3 Å². The van der Waals surface area contributed by atoms with Crippen molar-refractivity contribution in [3.63, 3.8) is 0 Å². The zero-order valence-corrected chi connectivity index (χ0v) is 11.8. The summed E-state index contributed by atoms with van der Waals surface area (Å²) < 4.78 is 8.55. The van der Waals surface area contributed by atoms with E-state index in [2.05, 4.69) is 0 Å². The molecule has 0 saturated carbocycles. The quantitative estimate of drug-likeness (QED) is 0.314. The molecular weight excluding hydrogens is 234 g/mol. The molecule has 0 spiro atoms. The van der Waals surface area contributed by atoms with Gasteiger partial charge < -0.3 is 29.5 Å². The Morgan fingerprint density at radius 2 is 1.18 bits per heavy atom. The molecule has 0 aromatic carbocycles. The monoisotopic (exact) mass is 236 g/mol. The SMILES string of the molecule is O=C(O)O.O=P([O-])([O-])[O-].[Ca+2].[K+]. The zero-order valence-electron chi connectivity index (χ0n) is 5.59. The summed E-state index contributed by atoms with van der Waals surface area (Å²) in [4.78, 5) is 34.2. The fourth-order valence-electron chi connectivity index (χ4n) is 0. The van der Waals surface area contributed by atoms with E-state index in [0.717, 1.165) is 0 Å². The van der Waals surface area contributed by atoms with E-state index < -0.39 is 14.0 Å². The summed E-state index contributed by atoms with van der Waals surface area (Å²) in [5, 5.41) is 13.9. The fraction of sp³-hybridized carbons (Fsp3) is 0. The summed E-state index contributed by atoms with van der Waals surface area (Å²) >= 11 is 0. The van der Waals surface area contributed by atoms with Gasteiger partial charge in [-0.15, -0.1) is 0 Å². The molecule has 0 aliphatic carbocycles. The van der Waals surface area contributed by atoms with Crippen LogP contribution < -0.4 is 66.1 Å². The van der Waals surface area contributed by atoms with Crippen molar-refractivity contribution >= 4 is 51.7 Å². The number of phosphoric acid groups is 1. The fourth-order valence-corrected chi connectivity index (χ4v) is 0. The number of hydrogen-bond acceptors (Lipinski definition) is 5. The van der Waals surface area contributed by atoms with Crippen LogP contribution in [0.15, 0.2) is 0 Å². The van der Waals surface area contributed by atoms with Crippen molar-refractivity contribution in [1.82, 2.24) is 0 Å². The third-order valence-electron chi connectivity index (χ3n) is 0. The van der Waals surface area contributed by atoms with Crippen LogP contribution in [0.1, 0.15) is 0 Å². The van der Waals surface area contributed by atoms with Gasteiger partial charge in [0, 0.05) is 0 Å². The van der Waals surface area contributed by atoms with Crippen molar-refractivity contribution in [2.24, 2.45) is 0 Å². The smallest absolute Gasteiger partial charge is 0.822 e. The van der Waals surface area contributed by atoms with Crippen LogP contribution in [0.3, 0.4) is 0 Å². The number of carbonyl (C=O) groups is 1. The van der Waals surface area contributed by atoms with E-state index in [0.29, 0.717) is 0 Å². The Morgan fingerprint density at radius 1 is 1.18 bits per heavy atom. The molecule has 0 atom stereocenters. The van der Waals surface area contributed by atoms with Gasteiger partial charge in [-0.1, -0.05) is 0 Å². The second-order valence-corrected chi connectivity index (χ2v) is 1.62. The van der Waals surface area contributed by atoms with Crippen LogP contribution in [0, 0.1) is 0 Å². The summed E-state index contributed by atoms with van der Waals surface area (Å²) in [6.45, 7) is 0.